The van der Waals surface area contributed by atoms with Crippen LogP contribution in [0.3, 0.4) is 0 Å². The van der Waals surface area contributed by atoms with Gasteiger partial charge in [-0.2, -0.15) is 0 Å². The molecule has 32 heavy (non-hydrogen) atoms. The minimum absolute atomic E-state index is 1.22. The molecule has 4 aromatic carbocycles. The number of benzene rings is 4. The number of hydrogen-bond donors (Lipinski definition) is 0. The van der Waals surface area contributed by atoms with Gasteiger partial charge in [-0.25, -0.2) is 0 Å². The fourth-order valence-corrected chi connectivity index (χ4v) is 6.96. The normalized spacial score (nSPS) is 11.9. The average Bonchev–Trinajstić information content (AvgIpc) is 3.43. The topological polar surface area (TPSA) is 0 Å². The molecule has 0 aliphatic heterocycles. The zero-order valence-electron chi connectivity index (χ0n) is 18.4. The lowest BCUT2D eigenvalue weighted by Gasteiger charge is -2.03. The van der Waals surface area contributed by atoms with Crippen molar-refractivity contribution in [1.29, 1.82) is 0 Å². The van der Waals surface area contributed by atoms with E-state index in [0.29, 0.717) is 0 Å². The van der Waals surface area contributed by atoms with Gasteiger partial charge in [-0.15, -0.1) is 22.7 Å². The minimum Gasteiger partial charge on any atom is -0.140 e. The van der Waals surface area contributed by atoms with Gasteiger partial charge in [-0.3, -0.25) is 0 Å². The van der Waals surface area contributed by atoms with E-state index >= 15 is 0 Å². The molecule has 0 aliphatic carbocycles. The quantitative estimate of drug-likeness (QED) is 0.221. The molecule has 0 aliphatic rings. The van der Waals surface area contributed by atoms with Gasteiger partial charge in [0.05, 0.1) is 0 Å². The number of aryl methyl sites for hydroxylation is 1. The highest BCUT2D eigenvalue weighted by atomic mass is 32.1. The third kappa shape index (κ3) is 3.62. The number of unbranched alkanes of at least 4 members (excludes halogenated alkanes) is 3. The van der Waals surface area contributed by atoms with Crippen molar-refractivity contribution in [3.05, 3.63) is 83.7 Å². The monoisotopic (exact) mass is 450 g/mol. The van der Waals surface area contributed by atoms with Gasteiger partial charge in [0, 0.05) is 29.9 Å². The lowest BCUT2D eigenvalue weighted by molar-refractivity contribution is 0.670. The molecule has 0 saturated heterocycles. The van der Waals surface area contributed by atoms with E-state index in [1.165, 1.54) is 89.1 Å². The third-order valence-corrected chi connectivity index (χ3v) is 8.83. The lowest BCUT2D eigenvalue weighted by Crippen LogP contribution is -1.80. The maximum Gasteiger partial charge on any atom is 0.0361 e. The molecule has 0 atom stereocenters. The van der Waals surface area contributed by atoms with Crippen LogP contribution in [-0.4, -0.2) is 0 Å². The van der Waals surface area contributed by atoms with Crippen LogP contribution >= 0.6 is 22.7 Å². The van der Waals surface area contributed by atoms with Crippen molar-refractivity contribution in [2.24, 2.45) is 0 Å². The molecule has 6 rings (SSSR count). The van der Waals surface area contributed by atoms with E-state index in [1.807, 2.05) is 22.7 Å². The first-order valence-electron chi connectivity index (χ1n) is 11.7. The second-order valence-electron chi connectivity index (χ2n) is 8.78. The number of hydrogen-bond acceptors (Lipinski definition) is 2. The molecule has 0 spiro atoms. The maximum atomic E-state index is 2.40. The van der Waals surface area contributed by atoms with Gasteiger partial charge in [-0.1, -0.05) is 62.6 Å². The molecule has 2 aromatic heterocycles. The van der Waals surface area contributed by atoms with Crippen LogP contribution in [0.25, 0.3) is 52.2 Å². The first kappa shape index (κ1) is 20.0. The number of fused-ring (bicyclic) bond motifs is 5. The van der Waals surface area contributed by atoms with Crippen LogP contribution in [0.5, 0.6) is 0 Å². The summed E-state index contributed by atoms with van der Waals surface area (Å²) < 4.78 is 2.75. The summed E-state index contributed by atoms with van der Waals surface area (Å²) in [4.78, 5) is 2.90. The Balaban J connectivity index is 1.40. The molecule has 2 heteroatoms. The summed E-state index contributed by atoms with van der Waals surface area (Å²) in [5.41, 5.74) is 1.34. The third-order valence-electron chi connectivity index (χ3n) is 6.52. The van der Waals surface area contributed by atoms with Crippen LogP contribution in [0, 0.1) is 0 Å². The van der Waals surface area contributed by atoms with E-state index < -0.39 is 0 Å². The zero-order chi connectivity index (χ0) is 21.5. The van der Waals surface area contributed by atoms with Crippen molar-refractivity contribution in [2.45, 2.75) is 39.0 Å². The highest BCUT2D eigenvalue weighted by Crippen LogP contribution is 2.39. The van der Waals surface area contributed by atoms with Crippen molar-refractivity contribution in [3.63, 3.8) is 0 Å². The first-order valence-corrected chi connectivity index (χ1v) is 13.3. The van der Waals surface area contributed by atoms with Crippen molar-refractivity contribution >= 4 is 64.4 Å². The summed E-state index contributed by atoms with van der Waals surface area (Å²) in [6.45, 7) is 2.28. The molecule has 0 saturated carbocycles. The molecule has 6 aromatic rings. The molecule has 0 amide bonds. The van der Waals surface area contributed by atoms with Gasteiger partial charge in [0.15, 0.2) is 0 Å². The molecular weight excluding hydrogens is 424 g/mol. The van der Waals surface area contributed by atoms with Crippen LogP contribution < -0.4 is 0 Å². The number of thiophene rings is 2. The Hall–Kier alpha value is -2.68. The second-order valence-corrected chi connectivity index (χ2v) is 11.0. The largest absolute Gasteiger partial charge is 0.140 e. The molecule has 0 fully saturated rings. The fourth-order valence-electron chi connectivity index (χ4n) is 4.75. The van der Waals surface area contributed by atoms with Crippen molar-refractivity contribution in [1.82, 2.24) is 0 Å². The van der Waals surface area contributed by atoms with E-state index in [0.717, 1.165) is 0 Å². The van der Waals surface area contributed by atoms with Crippen LogP contribution in [0.4, 0.5) is 0 Å². The van der Waals surface area contributed by atoms with Crippen LogP contribution in [0.15, 0.2) is 78.9 Å². The smallest absolute Gasteiger partial charge is 0.0361 e. The van der Waals surface area contributed by atoms with E-state index in [1.54, 1.807) is 0 Å². The average molecular weight is 451 g/mol. The van der Waals surface area contributed by atoms with Gasteiger partial charge in [0.1, 0.15) is 0 Å². The predicted octanol–water partition coefficient (Wildman–Crippen LogP) is 10.2. The summed E-state index contributed by atoms with van der Waals surface area (Å²) in [6.07, 6.45) is 6.52. The summed E-state index contributed by atoms with van der Waals surface area (Å²) in [5, 5.41) is 8.05. The van der Waals surface area contributed by atoms with Gasteiger partial charge in [-0.05, 0) is 82.4 Å². The molecule has 0 bridgehead atoms. The summed E-state index contributed by atoms with van der Waals surface area (Å²) in [6, 6.07) is 29.8. The van der Waals surface area contributed by atoms with E-state index in [2.05, 4.69) is 85.8 Å². The van der Waals surface area contributed by atoms with Crippen LogP contribution in [-0.2, 0) is 6.42 Å². The van der Waals surface area contributed by atoms with Crippen molar-refractivity contribution in [2.75, 3.05) is 0 Å². The van der Waals surface area contributed by atoms with Gasteiger partial charge in [0.25, 0.3) is 0 Å². The van der Waals surface area contributed by atoms with Crippen LogP contribution in [0.1, 0.15) is 37.5 Å². The molecular formula is C30H26S2. The second kappa shape index (κ2) is 8.35. The molecule has 0 N–H and O–H groups in total. The SMILES string of the molecule is CCCCCCc1ccc(-c2ccc3cc4sc5cc6ccccc6cc5c4cc3c2)s1. The molecule has 0 nitrogen and oxygen atoms in total. The van der Waals surface area contributed by atoms with E-state index in [-0.39, 0.29) is 0 Å². The highest BCUT2D eigenvalue weighted by Gasteiger charge is 2.10. The Labute approximate surface area is 197 Å². The zero-order valence-corrected chi connectivity index (χ0v) is 20.0. The van der Waals surface area contributed by atoms with Gasteiger partial charge >= 0.3 is 0 Å². The molecule has 0 radical (unpaired) electrons. The maximum absolute atomic E-state index is 2.40. The number of rotatable bonds is 6. The van der Waals surface area contributed by atoms with Gasteiger partial charge in [0.2, 0.25) is 0 Å². The first-order chi connectivity index (χ1) is 15.8. The predicted molar refractivity (Wildman–Crippen MR) is 146 cm³/mol. The Morgan fingerprint density at radius 3 is 2.09 bits per heavy atom. The molecule has 2 heterocycles. The van der Waals surface area contributed by atoms with E-state index in [4.69, 9.17) is 0 Å². The minimum atomic E-state index is 1.22. The Bertz CT molecular complexity index is 1560. The Morgan fingerprint density at radius 1 is 0.594 bits per heavy atom. The Morgan fingerprint density at radius 2 is 1.31 bits per heavy atom. The van der Waals surface area contributed by atoms with Gasteiger partial charge < -0.3 is 0 Å². The standard InChI is InChI=1S/C30H26S2/c1-2-3-4-5-10-25-13-14-28(31-25)23-12-11-22-19-30-27(17-24(22)15-23)26-16-20-8-6-7-9-21(20)18-29(26)32-30/h6-9,11-19H,2-5,10H2,1H3. The molecule has 0 unspecified atom stereocenters. The van der Waals surface area contributed by atoms with E-state index in [9.17, 15) is 0 Å². The molecule has 158 valence electrons. The summed E-state index contributed by atoms with van der Waals surface area (Å²) >= 11 is 3.87. The summed E-state index contributed by atoms with van der Waals surface area (Å²) in [7, 11) is 0. The van der Waals surface area contributed by atoms with Crippen molar-refractivity contribution < 1.29 is 0 Å². The Kier molecular flexibility index (Phi) is 5.21. The highest BCUT2D eigenvalue weighted by molar-refractivity contribution is 7.26. The van der Waals surface area contributed by atoms with Crippen LogP contribution in [0.2, 0.25) is 0 Å². The summed E-state index contributed by atoms with van der Waals surface area (Å²) in [5.74, 6) is 0. The van der Waals surface area contributed by atoms with Crippen molar-refractivity contribution in [3.8, 4) is 10.4 Å². The lowest BCUT2D eigenvalue weighted by atomic mass is 10.0. The fraction of sp³-hybridized carbons (Fsp3) is 0.200.